The molecule has 6 heteroatoms. The molecule has 2 rings (SSSR count). The predicted octanol–water partition coefficient (Wildman–Crippen LogP) is 0.571. The van der Waals surface area contributed by atoms with Crippen molar-refractivity contribution in [1.29, 1.82) is 0 Å². The van der Waals surface area contributed by atoms with Crippen LogP contribution in [-0.2, 0) is 0 Å². The average Bonchev–Trinajstić information content (AvgIpc) is 2.39. The van der Waals surface area contributed by atoms with E-state index < -0.39 is 5.97 Å². The van der Waals surface area contributed by atoms with E-state index in [4.69, 9.17) is 15.9 Å². The zero-order valence-corrected chi connectivity index (χ0v) is 10.0. The van der Waals surface area contributed by atoms with Gasteiger partial charge in [-0.25, -0.2) is 9.78 Å². The van der Waals surface area contributed by atoms with Gasteiger partial charge >= 0.3 is 5.97 Å². The van der Waals surface area contributed by atoms with E-state index in [2.05, 4.69) is 4.98 Å². The molecule has 0 bridgehead atoms. The van der Waals surface area contributed by atoms with Gasteiger partial charge in [-0.1, -0.05) is 0 Å². The van der Waals surface area contributed by atoms with E-state index >= 15 is 0 Å². The number of rotatable bonds is 3. The second-order valence-corrected chi connectivity index (χ2v) is 4.51. The Kier molecular flexibility index (Phi) is 3.66. The van der Waals surface area contributed by atoms with Crippen LogP contribution >= 0.6 is 0 Å². The van der Waals surface area contributed by atoms with Crippen molar-refractivity contribution in [2.45, 2.75) is 12.8 Å². The van der Waals surface area contributed by atoms with Crippen LogP contribution in [0.25, 0.3) is 0 Å². The summed E-state index contributed by atoms with van der Waals surface area (Å²) < 4.78 is 0. The van der Waals surface area contributed by atoms with Gasteiger partial charge in [0.25, 0.3) is 0 Å². The number of carboxylic acid groups (broad SMARTS) is 1. The van der Waals surface area contributed by atoms with Crippen molar-refractivity contribution >= 4 is 17.5 Å². The molecule has 0 atom stereocenters. The van der Waals surface area contributed by atoms with E-state index in [1.54, 1.807) is 0 Å². The van der Waals surface area contributed by atoms with E-state index in [9.17, 15) is 4.79 Å². The molecule has 2 heterocycles. The molecule has 4 N–H and O–H groups in total. The van der Waals surface area contributed by atoms with Gasteiger partial charge in [-0.2, -0.15) is 0 Å². The standard InChI is InChI=1S/C12H17N3O3/c13-10-9(12(17)18)1-4-14-11(10)15-5-2-8(7-16)3-6-15/h1,4,8,16H,2-3,5-7,13H2,(H,17,18). The number of hydrogen-bond acceptors (Lipinski definition) is 5. The van der Waals surface area contributed by atoms with E-state index in [1.165, 1.54) is 12.3 Å². The van der Waals surface area contributed by atoms with Gasteiger partial charge in [-0.3, -0.25) is 0 Å². The van der Waals surface area contributed by atoms with Crippen LogP contribution in [0.5, 0.6) is 0 Å². The molecule has 0 saturated carbocycles. The maximum atomic E-state index is 11.0. The topological polar surface area (TPSA) is 99.7 Å². The first kappa shape index (κ1) is 12.6. The molecule has 18 heavy (non-hydrogen) atoms. The van der Waals surface area contributed by atoms with Gasteiger partial charge in [-0.05, 0) is 24.8 Å². The molecule has 98 valence electrons. The zero-order valence-electron chi connectivity index (χ0n) is 10.0. The Morgan fingerprint density at radius 2 is 2.17 bits per heavy atom. The van der Waals surface area contributed by atoms with Crippen molar-refractivity contribution in [2.75, 3.05) is 30.3 Å². The molecule has 1 aromatic rings. The average molecular weight is 251 g/mol. The summed E-state index contributed by atoms with van der Waals surface area (Å²) in [6, 6.07) is 1.40. The van der Waals surface area contributed by atoms with Gasteiger partial charge in [0.2, 0.25) is 0 Å². The van der Waals surface area contributed by atoms with Crippen LogP contribution in [0.2, 0.25) is 0 Å². The lowest BCUT2D eigenvalue weighted by atomic mass is 9.98. The summed E-state index contributed by atoms with van der Waals surface area (Å²) in [5.74, 6) is -0.183. The first-order valence-electron chi connectivity index (χ1n) is 5.97. The Labute approximate surface area is 105 Å². The third-order valence-electron chi connectivity index (χ3n) is 3.37. The summed E-state index contributed by atoms with van der Waals surface area (Å²) in [6.07, 6.45) is 3.21. The summed E-state index contributed by atoms with van der Waals surface area (Å²) in [5.41, 5.74) is 6.15. The molecular formula is C12H17N3O3. The van der Waals surface area contributed by atoms with E-state index in [-0.39, 0.29) is 17.9 Å². The third kappa shape index (κ3) is 2.38. The number of aliphatic hydroxyl groups excluding tert-OH is 1. The van der Waals surface area contributed by atoms with Crippen LogP contribution in [0.4, 0.5) is 11.5 Å². The molecule has 0 radical (unpaired) electrons. The second kappa shape index (κ2) is 5.22. The molecular weight excluding hydrogens is 234 g/mol. The van der Waals surface area contributed by atoms with Crippen molar-refractivity contribution in [3.63, 3.8) is 0 Å². The summed E-state index contributed by atoms with van der Waals surface area (Å²) in [7, 11) is 0. The third-order valence-corrected chi connectivity index (χ3v) is 3.37. The largest absolute Gasteiger partial charge is 0.478 e. The Morgan fingerprint density at radius 1 is 1.50 bits per heavy atom. The maximum absolute atomic E-state index is 11.0. The first-order valence-corrected chi connectivity index (χ1v) is 5.97. The Balaban J connectivity index is 2.19. The predicted molar refractivity (Wildman–Crippen MR) is 67.6 cm³/mol. The molecule has 1 aromatic heterocycles. The minimum atomic E-state index is -1.04. The van der Waals surface area contributed by atoms with Crippen LogP contribution in [0, 0.1) is 5.92 Å². The lowest BCUT2D eigenvalue weighted by Crippen LogP contribution is -2.36. The lowest BCUT2D eigenvalue weighted by Gasteiger charge is -2.32. The highest BCUT2D eigenvalue weighted by Gasteiger charge is 2.22. The number of piperidine rings is 1. The molecule has 6 nitrogen and oxygen atoms in total. The summed E-state index contributed by atoms with van der Waals surface area (Å²) in [4.78, 5) is 17.1. The van der Waals surface area contributed by atoms with Crippen molar-refractivity contribution in [1.82, 2.24) is 4.98 Å². The second-order valence-electron chi connectivity index (χ2n) is 4.51. The molecule has 1 aliphatic rings. The summed E-state index contributed by atoms with van der Waals surface area (Å²) >= 11 is 0. The monoisotopic (exact) mass is 251 g/mol. The van der Waals surface area contributed by atoms with Crippen LogP contribution in [0.3, 0.4) is 0 Å². The van der Waals surface area contributed by atoms with Gasteiger partial charge < -0.3 is 20.8 Å². The highest BCUT2D eigenvalue weighted by atomic mass is 16.4. The fraction of sp³-hybridized carbons (Fsp3) is 0.500. The summed E-state index contributed by atoms with van der Waals surface area (Å²) in [6.45, 7) is 1.68. The number of hydrogen-bond donors (Lipinski definition) is 3. The number of aromatic carboxylic acids is 1. The maximum Gasteiger partial charge on any atom is 0.337 e. The first-order chi connectivity index (χ1) is 8.63. The van der Waals surface area contributed by atoms with Crippen molar-refractivity contribution < 1.29 is 15.0 Å². The van der Waals surface area contributed by atoms with E-state index in [1.807, 2.05) is 4.90 Å². The number of aliphatic hydroxyl groups is 1. The quantitative estimate of drug-likeness (QED) is 0.726. The molecule has 0 amide bonds. The van der Waals surface area contributed by atoms with Gasteiger partial charge in [0.15, 0.2) is 5.82 Å². The Bertz CT molecular complexity index is 442. The number of aromatic nitrogens is 1. The molecule has 0 aliphatic carbocycles. The molecule has 0 aromatic carbocycles. The van der Waals surface area contributed by atoms with Crippen LogP contribution in [0.1, 0.15) is 23.2 Å². The number of nitrogen functional groups attached to an aromatic ring is 1. The van der Waals surface area contributed by atoms with Crippen molar-refractivity contribution in [2.24, 2.45) is 5.92 Å². The van der Waals surface area contributed by atoms with Gasteiger partial charge in [-0.15, -0.1) is 0 Å². The van der Waals surface area contributed by atoms with Gasteiger partial charge in [0.05, 0.1) is 11.3 Å². The Morgan fingerprint density at radius 3 is 2.72 bits per heavy atom. The van der Waals surface area contributed by atoms with Crippen LogP contribution in [-0.4, -0.2) is 40.9 Å². The Hall–Kier alpha value is -1.82. The number of nitrogens with two attached hydrogens (primary N) is 1. The fourth-order valence-corrected chi connectivity index (χ4v) is 2.23. The highest BCUT2D eigenvalue weighted by molar-refractivity contribution is 5.96. The summed E-state index contributed by atoms with van der Waals surface area (Å²) in [5, 5.41) is 18.1. The normalized spacial score (nSPS) is 16.8. The van der Waals surface area contributed by atoms with E-state index in [0.717, 1.165) is 25.9 Å². The van der Waals surface area contributed by atoms with Gasteiger partial charge in [0.1, 0.15) is 0 Å². The minimum Gasteiger partial charge on any atom is -0.478 e. The molecule has 0 unspecified atom stereocenters. The van der Waals surface area contributed by atoms with Crippen molar-refractivity contribution in [3.05, 3.63) is 17.8 Å². The van der Waals surface area contributed by atoms with Crippen LogP contribution in [0.15, 0.2) is 12.3 Å². The smallest absolute Gasteiger partial charge is 0.337 e. The minimum absolute atomic E-state index is 0.0873. The molecule has 0 spiro atoms. The molecule has 1 fully saturated rings. The van der Waals surface area contributed by atoms with Gasteiger partial charge in [0, 0.05) is 25.9 Å². The highest BCUT2D eigenvalue weighted by Crippen LogP contribution is 2.28. The zero-order chi connectivity index (χ0) is 13.1. The van der Waals surface area contributed by atoms with E-state index in [0.29, 0.717) is 11.7 Å². The number of nitrogens with zero attached hydrogens (tertiary/aromatic N) is 2. The lowest BCUT2D eigenvalue weighted by molar-refractivity contribution is 0.0698. The molecule has 1 saturated heterocycles. The SMILES string of the molecule is Nc1c(C(=O)O)ccnc1N1CCC(CO)CC1. The number of anilines is 2. The number of carboxylic acids is 1. The van der Waals surface area contributed by atoms with Crippen LogP contribution < -0.4 is 10.6 Å². The van der Waals surface area contributed by atoms with Crippen molar-refractivity contribution in [3.8, 4) is 0 Å². The number of carbonyl (C=O) groups is 1. The molecule has 1 aliphatic heterocycles. The number of pyridine rings is 1. The fourth-order valence-electron chi connectivity index (χ4n) is 2.23.